The molecule has 0 amide bonds. The van der Waals surface area contributed by atoms with Crippen LogP contribution in [0.5, 0.6) is 0 Å². The maximum atomic E-state index is 10.6. The van der Waals surface area contributed by atoms with Crippen LogP contribution in [0.3, 0.4) is 0 Å². The van der Waals surface area contributed by atoms with Crippen LogP contribution in [0.4, 0.5) is 0 Å². The molecule has 0 aliphatic carbocycles. The van der Waals surface area contributed by atoms with Crippen molar-refractivity contribution in [2.45, 2.75) is 36.8 Å². The van der Waals surface area contributed by atoms with Gasteiger partial charge in [0.2, 0.25) is 0 Å². The van der Waals surface area contributed by atoms with Gasteiger partial charge in [0.15, 0.2) is 0 Å². The number of thioether (sulfide) groups is 1. The molecular formula is C12H15O2S-. The van der Waals surface area contributed by atoms with Gasteiger partial charge in [-0.25, -0.2) is 0 Å². The smallest absolute Gasteiger partial charge is 0.0486 e. The zero-order chi connectivity index (χ0) is 11.4. The molecule has 1 atom stereocenters. The van der Waals surface area contributed by atoms with Crippen LogP contribution in [-0.2, 0) is 4.79 Å². The van der Waals surface area contributed by atoms with Gasteiger partial charge in [-0.1, -0.05) is 32.9 Å². The number of carboxylic acids is 1. The van der Waals surface area contributed by atoms with Crippen molar-refractivity contribution in [1.29, 1.82) is 0 Å². The van der Waals surface area contributed by atoms with Crippen molar-refractivity contribution in [2.24, 2.45) is 0 Å². The fraction of sp³-hybridized carbons (Fsp3) is 0.417. The molecule has 1 rings (SSSR count). The van der Waals surface area contributed by atoms with Gasteiger partial charge in [-0.3, -0.25) is 0 Å². The number of carboxylic acid groups (broad SMARTS) is 1. The minimum absolute atomic E-state index is 0.536. The van der Waals surface area contributed by atoms with Crippen molar-refractivity contribution >= 4 is 17.7 Å². The average Bonchev–Trinajstić information content (AvgIpc) is 2.17. The lowest BCUT2D eigenvalue weighted by Gasteiger charge is -2.13. The Morgan fingerprint density at radius 3 is 2.13 bits per heavy atom. The number of hydrogen-bond donors (Lipinski definition) is 0. The minimum Gasteiger partial charge on any atom is -0.550 e. The molecule has 0 N–H and O–H groups in total. The van der Waals surface area contributed by atoms with Gasteiger partial charge >= 0.3 is 0 Å². The number of carbonyl (C=O) groups excluding carboxylic acids is 1. The van der Waals surface area contributed by atoms with Crippen LogP contribution in [0.1, 0.15) is 32.3 Å². The quantitative estimate of drug-likeness (QED) is 0.733. The molecule has 0 fully saturated rings. The van der Waals surface area contributed by atoms with Crippen molar-refractivity contribution in [3.05, 3.63) is 29.8 Å². The molecule has 82 valence electrons. The molecule has 0 radical (unpaired) electrons. The van der Waals surface area contributed by atoms with Gasteiger partial charge in [-0.15, -0.1) is 11.8 Å². The Bertz CT molecular complexity index is 330. The lowest BCUT2D eigenvalue weighted by molar-refractivity contribution is -0.307. The first kappa shape index (κ1) is 12.1. The number of aliphatic carboxylic acids is 1. The molecule has 0 heterocycles. The van der Waals surface area contributed by atoms with Crippen molar-refractivity contribution in [1.82, 2.24) is 0 Å². The van der Waals surface area contributed by atoms with Crippen molar-refractivity contribution < 1.29 is 9.90 Å². The fourth-order valence-corrected chi connectivity index (χ4v) is 2.08. The SMILES string of the molecule is CC(C)Sc1ccc([C@H](C)C(=O)[O-])cc1. The summed E-state index contributed by atoms with van der Waals surface area (Å²) in [7, 11) is 0. The summed E-state index contributed by atoms with van der Waals surface area (Å²) in [4.78, 5) is 11.8. The van der Waals surface area contributed by atoms with Gasteiger partial charge in [-0.2, -0.15) is 0 Å². The molecule has 0 saturated carbocycles. The highest BCUT2D eigenvalue weighted by molar-refractivity contribution is 7.99. The number of benzene rings is 1. The van der Waals surface area contributed by atoms with Crippen LogP contribution >= 0.6 is 11.8 Å². The van der Waals surface area contributed by atoms with Crippen molar-refractivity contribution in [3.8, 4) is 0 Å². The second-order valence-corrected chi connectivity index (χ2v) is 5.43. The predicted molar refractivity (Wildman–Crippen MR) is 60.9 cm³/mol. The second-order valence-electron chi connectivity index (χ2n) is 3.78. The first-order valence-electron chi connectivity index (χ1n) is 4.98. The Morgan fingerprint density at radius 1 is 1.20 bits per heavy atom. The number of carbonyl (C=O) groups is 1. The second kappa shape index (κ2) is 5.21. The van der Waals surface area contributed by atoms with Crippen molar-refractivity contribution in [2.75, 3.05) is 0 Å². The van der Waals surface area contributed by atoms with E-state index in [-0.39, 0.29) is 0 Å². The molecule has 3 heteroatoms. The maximum Gasteiger partial charge on any atom is 0.0486 e. The number of hydrogen-bond acceptors (Lipinski definition) is 3. The van der Waals surface area contributed by atoms with Crippen LogP contribution in [0.2, 0.25) is 0 Å². The Hall–Kier alpha value is -0.960. The standard InChI is InChI=1S/C12H16O2S/c1-8(2)15-11-6-4-10(5-7-11)9(3)12(13)14/h4-9H,1-3H3,(H,13,14)/p-1/t9-/m0/s1. The van der Waals surface area contributed by atoms with E-state index in [1.54, 1.807) is 18.7 Å². The molecule has 0 aromatic heterocycles. The van der Waals surface area contributed by atoms with Gasteiger partial charge < -0.3 is 9.90 Å². The highest BCUT2D eigenvalue weighted by atomic mass is 32.2. The molecule has 0 aliphatic rings. The minimum atomic E-state index is -1.03. The summed E-state index contributed by atoms with van der Waals surface area (Å²) in [5.74, 6) is -1.57. The highest BCUT2D eigenvalue weighted by Gasteiger charge is 2.06. The van der Waals surface area contributed by atoms with Crippen LogP contribution < -0.4 is 5.11 Å². The molecule has 0 unspecified atom stereocenters. The van der Waals surface area contributed by atoms with Crippen LogP contribution in [0, 0.1) is 0 Å². The number of rotatable bonds is 4. The molecule has 0 bridgehead atoms. The van der Waals surface area contributed by atoms with Crippen LogP contribution in [-0.4, -0.2) is 11.2 Å². The lowest BCUT2D eigenvalue weighted by Crippen LogP contribution is -2.27. The van der Waals surface area contributed by atoms with Gasteiger partial charge in [-0.05, 0) is 17.7 Å². The van der Waals surface area contributed by atoms with E-state index in [1.807, 2.05) is 24.3 Å². The molecule has 15 heavy (non-hydrogen) atoms. The van der Waals surface area contributed by atoms with Crippen LogP contribution in [0.15, 0.2) is 29.2 Å². The summed E-state index contributed by atoms with van der Waals surface area (Å²) in [5, 5.41) is 11.2. The van der Waals surface area contributed by atoms with Gasteiger partial charge in [0, 0.05) is 22.0 Å². The summed E-state index contributed by atoms with van der Waals surface area (Å²) in [6.45, 7) is 5.89. The van der Waals surface area contributed by atoms with E-state index >= 15 is 0 Å². The molecule has 1 aromatic carbocycles. The normalized spacial score (nSPS) is 12.8. The fourth-order valence-electron chi connectivity index (χ4n) is 1.24. The monoisotopic (exact) mass is 223 g/mol. The largest absolute Gasteiger partial charge is 0.550 e. The Morgan fingerprint density at radius 2 is 1.73 bits per heavy atom. The lowest BCUT2D eigenvalue weighted by atomic mass is 10.0. The van der Waals surface area contributed by atoms with Gasteiger partial charge in [0.05, 0.1) is 0 Å². The van der Waals surface area contributed by atoms with E-state index < -0.39 is 11.9 Å². The Labute approximate surface area is 94.7 Å². The molecule has 1 aromatic rings. The molecule has 0 aliphatic heterocycles. The van der Waals surface area contributed by atoms with E-state index in [4.69, 9.17) is 0 Å². The zero-order valence-corrected chi connectivity index (χ0v) is 10.0. The van der Waals surface area contributed by atoms with Crippen LogP contribution in [0.25, 0.3) is 0 Å². The molecular weight excluding hydrogens is 208 g/mol. The summed E-state index contributed by atoms with van der Waals surface area (Å²) < 4.78 is 0. The highest BCUT2D eigenvalue weighted by Crippen LogP contribution is 2.24. The summed E-state index contributed by atoms with van der Waals surface area (Å²) in [5.41, 5.74) is 0.795. The van der Waals surface area contributed by atoms with E-state index in [1.165, 1.54) is 4.90 Å². The molecule has 2 nitrogen and oxygen atoms in total. The maximum absolute atomic E-state index is 10.6. The summed E-state index contributed by atoms with van der Waals surface area (Å²) in [6.07, 6.45) is 0. The van der Waals surface area contributed by atoms with Gasteiger partial charge in [0.25, 0.3) is 0 Å². The average molecular weight is 223 g/mol. The van der Waals surface area contributed by atoms with Crippen molar-refractivity contribution in [3.63, 3.8) is 0 Å². The van der Waals surface area contributed by atoms with Gasteiger partial charge in [0.1, 0.15) is 0 Å². The summed E-state index contributed by atoms with van der Waals surface area (Å²) in [6, 6.07) is 7.62. The molecule has 0 saturated heterocycles. The third-order valence-electron chi connectivity index (χ3n) is 2.11. The topological polar surface area (TPSA) is 40.1 Å². The predicted octanol–water partition coefficient (Wildman–Crippen LogP) is 2.04. The third kappa shape index (κ3) is 3.59. The van der Waals surface area contributed by atoms with E-state index in [0.717, 1.165) is 5.56 Å². The first-order valence-corrected chi connectivity index (χ1v) is 5.86. The third-order valence-corrected chi connectivity index (χ3v) is 3.12. The Kier molecular flexibility index (Phi) is 4.21. The van der Waals surface area contributed by atoms with E-state index in [9.17, 15) is 9.90 Å². The Balaban J connectivity index is 2.76. The first-order chi connectivity index (χ1) is 7.00. The summed E-state index contributed by atoms with van der Waals surface area (Å²) >= 11 is 1.76. The van der Waals surface area contributed by atoms with E-state index in [0.29, 0.717) is 5.25 Å². The molecule has 0 spiro atoms. The zero-order valence-electron chi connectivity index (χ0n) is 9.19. The van der Waals surface area contributed by atoms with E-state index in [2.05, 4.69) is 13.8 Å².